The Balaban J connectivity index is 1.91. The van der Waals surface area contributed by atoms with Gasteiger partial charge in [-0.15, -0.1) is 0 Å². The molecule has 0 fully saturated rings. The zero-order valence-electron chi connectivity index (χ0n) is 10.6. The molecule has 6 heteroatoms. The van der Waals surface area contributed by atoms with Crippen molar-refractivity contribution in [2.45, 2.75) is 18.7 Å². The predicted molar refractivity (Wildman–Crippen MR) is 68.3 cm³/mol. The number of benzene rings is 1. The third kappa shape index (κ3) is 4.47. The summed E-state index contributed by atoms with van der Waals surface area (Å²) in [6.45, 7) is -1.72. The minimum Gasteiger partial charge on any atom is -0.390 e. The van der Waals surface area contributed by atoms with Gasteiger partial charge in [-0.2, -0.15) is 13.2 Å². The van der Waals surface area contributed by atoms with Crippen LogP contribution in [0.15, 0.2) is 36.4 Å². The van der Waals surface area contributed by atoms with Gasteiger partial charge >= 0.3 is 6.18 Å². The SMILES string of the molecule is OC(COCC(F)(F)F)Cc1ccc2ccccc2n1. The van der Waals surface area contributed by atoms with Gasteiger partial charge in [-0.3, -0.25) is 4.98 Å². The monoisotopic (exact) mass is 285 g/mol. The second-order valence-corrected chi connectivity index (χ2v) is 4.48. The number of para-hydroxylation sites is 1. The quantitative estimate of drug-likeness (QED) is 0.918. The Morgan fingerprint density at radius 2 is 1.90 bits per heavy atom. The molecule has 0 aliphatic heterocycles. The Labute approximate surface area is 114 Å². The molecule has 1 heterocycles. The van der Waals surface area contributed by atoms with E-state index in [1.807, 2.05) is 30.3 Å². The van der Waals surface area contributed by atoms with Crippen molar-refractivity contribution in [1.29, 1.82) is 0 Å². The average molecular weight is 285 g/mol. The predicted octanol–water partition coefficient (Wildman–Crippen LogP) is 2.72. The third-order valence-electron chi connectivity index (χ3n) is 2.68. The van der Waals surface area contributed by atoms with Crippen molar-refractivity contribution < 1.29 is 23.0 Å². The molecule has 2 rings (SSSR count). The summed E-state index contributed by atoms with van der Waals surface area (Å²) in [7, 11) is 0. The van der Waals surface area contributed by atoms with Crippen LogP contribution in [0.5, 0.6) is 0 Å². The molecule has 2 aromatic rings. The van der Waals surface area contributed by atoms with Crippen LogP contribution in [0.2, 0.25) is 0 Å². The molecule has 20 heavy (non-hydrogen) atoms. The largest absolute Gasteiger partial charge is 0.411 e. The molecule has 0 aliphatic carbocycles. The highest BCUT2D eigenvalue weighted by Crippen LogP contribution is 2.15. The van der Waals surface area contributed by atoms with Gasteiger partial charge in [0.25, 0.3) is 0 Å². The van der Waals surface area contributed by atoms with Gasteiger partial charge in [0.15, 0.2) is 0 Å². The van der Waals surface area contributed by atoms with Crippen LogP contribution >= 0.6 is 0 Å². The fourth-order valence-electron chi connectivity index (χ4n) is 1.83. The third-order valence-corrected chi connectivity index (χ3v) is 2.68. The number of fused-ring (bicyclic) bond motifs is 1. The molecular weight excluding hydrogens is 271 g/mol. The number of ether oxygens (including phenoxy) is 1. The lowest BCUT2D eigenvalue weighted by molar-refractivity contribution is -0.179. The number of rotatable bonds is 5. The minimum atomic E-state index is -4.37. The maximum atomic E-state index is 11.9. The van der Waals surface area contributed by atoms with Crippen LogP contribution in [0.4, 0.5) is 13.2 Å². The number of aliphatic hydroxyl groups excluding tert-OH is 1. The first-order valence-corrected chi connectivity index (χ1v) is 6.11. The van der Waals surface area contributed by atoms with E-state index in [1.54, 1.807) is 6.07 Å². The molecule has 0 saturated heterocycles. The summed E-state index contributed by atoms with van der Waals surface area (Å²) in [5, 5.41) is 10.6. The summed E-state index contributed by atoms with van der Waals surface area (Å²) in [6.07, 6.45) is -5.23. The van der Waals surface area contributed by atoms with Gasteiger partial charge in [0.2, 0.25) is 0 Å². The summed E-state index contributed by atoms with van der Waals surface area (Å²) >= 11 is 0. The van der Waals surface area contributed by atoms with Gasteiger partial charge in [-0.05, 0) is 12.1 Å². The maximum Gasteiger partial charge on any atom is 0.411 e. The van der Waals surface area contributed by atoms with Gasteiger partial charge in [0.05, 0.1) is 18.2 Å². The van der Waals surface area contributed by atoms with Crippen molar-refractivity contribution >= 4 is 10.9 Å². The second kappa shape index (κ2) is 6.19. The smallest absolute Gasteiger partial charge is 0.390 e. The summed E-state index contributed by atoms with van der Waals surface area (Å²) in [5.41, 5.74) is 1.40. The molecule has 0 aliphatic rings. The lowest BCUT2D eigenvalue weighted by Crippen LogP contribution is -2.24. The van der Waals surface area contributed by atoms with E-state index >= 15 is 0 Å². The summed E-state index contributed by atoms with van der Waals surface area (Å²) in [4.78, 5) is 4.33. The second-order valence-electron chi connectivity index (χ2n) is 4.48. The molecule has 0 saturated carbocycles. The molecule has 1 unspecified atom stereocenters. The van der Waals surface area contributed by atoms with Crippen LogP contribution in [-0.4, -0.2) is 35.6 Å². The summed E-state index contributed by atoms with van der Waals surface area (Å²) in [5.74, 6) is 0. The Bertz CT molecular complexity index is 572. The molecule has 0 amide bonds. The highest BCUT2D eigenvalue weighted by atomic mass is 19.4. The molecule has 3 nitrogen and oxygen atoms in total. The first-order chi connectivity index (χ1) is 9.44. The fourth-order valence-corrected chi connectivity index (χ4v) is 1.83. The van der Waals surface area contributed by atoms with Crippen LogP contribution < -0.4 is 0 Å². The molecule has 1 N–H and O–H groups in total. The number of alkyl halides is 3. The molecule has 1 atom stereocenters. The Morgan fingerprint density at radius 3 is 2.65 bits per heavy atom. The van der Waals surface area contributed by atoms with E-state index in [1.165, 1.54) is 0 Å². The number of hydrogen-bond donors (Lipinski definition) is 1. The van der Waals surface area contributed by atoms with E-state index in [9.17, 15) is 18.3 Å². The van der Waals surface area contributed by atoms with Crippen LogP contribution in [0.3, 0.4) is 0 Å². The van der Waals surface area contributed by atoms with Crippen LogP contribution in [0, 0.1) is 0 Å². The zero-order valence-corrected chi connectivity index (χ0v) is 10.6. The highest BCUT2D eigenvalue weighted by molar-refractivity contribution is 5.78. The standard InChI is InChI=1S/C14H14F3NO2/c15-14(16,17)9-20-8-12(19)7-11-6-5-10-3-1-2-4-13(10)18-11/h1-6,12,19H,7-9H2. The van der Waals surface area contributed by atoms with Gasteiger partial charge < -0.3 is 9.84 Å². The molecule has 0 bridgehead atoms. The lowest BCUT2D eigenvalue weighted by atomic mass is 10.1. The van der Waals surface area contributed by atoms with E-state index in [-0.39, 0.29) is 13.0 Å². The summed E-state index contributed by atoms with van der Waals surface area (Å²) < 4.78 is 40.1. The number of pyridine rings is 1. The number of aliphatic hydroxyl groups is 1. The molecule has 1 aromatic heterocycles. The number of hydrogen-bond acceptors (Lipinski definition) is 3. The molecule has 1 aromatic carbocycles. The Morgan fingerprint density at radius 1 is 1.15 bits per heavy atom. The van der Waals surface area contributed by atoms with E-state index in [0.29, 0.717) is 5.69 Å². The van der Waals surface area contributed by atoms with Crippen molar-refractivity contribution in [3.05, 3.63) is 42.1 Å². The van der Waals surface area contributed by atoms with Crippen molar-refractivity contribution in [1.82, 2.24) is 4.98 Å². The first-order valence-electron chi connectivity index (χ1n) is 6.11. The number of aromatic nitrogens is 1. The lowest BCUT2D eigenvalue weighted by Gasteiger charge is -2.12. The number of nitrogens with zero attached hydrogens (tertiary/aromatic N) is 1. The molecular formula is C14H14F3NO2. The van der Waals surface area contributed by atoms with E-state index in [2.05, 4.69) is 9.72 Å². The van der Waals surface area contributed by atoms with Gasteiger partial charge in [-0.25, -0.2) is 0 Å². The summed E-state index contributed by atoms with van der Waals surface area (Å²) in [6, 6.07) is 11.1. The molecule has 0 spiro atoms. The zero-order chi connectivity index (χ0) is 14.6. The van der Waals surface area contributed by atoms with Crippen molar-refractivity contribution in [3.8, 4) is 0 Å². The van der Waals surface area contributed by atoms with Crippen LogP contribution in [0.25, 0.3) is 10.9 Å². The first kappa shape index (κ1) is 14.7. The normalized spacial score (nSPS) is 13.6. The highest BCUT2D eigenvalue weighted by Gasteiger charge is 2.27. The topological polar surface area (TPSA) is 42.4 Å². The van der Waals surface area contributed by atoms with Gasteiger partial charge in [-0.1, -0.05) is 24.3 Å². The minimum absolute atomic E-state index is 0.155. The Kier molecular flexibility index (Phi) is 4.57. The van der Waals surface area contributed by atoms with Crippen molar-refractivity contribution in [2.75, 3.05) is 13.2 Å². The molecule has 0 radical (unpaired) electrons. The van der Waals surface area contributed by atoms with Gasteiger partial charge in [0.1, 0.15) is 6.61 Å². The van der Waals surface area contributed by atoms with E-state index in [0.717, 1.165) is 10.9 Å². The number of halogens is 3. The van der Waals surface area contributed by atoms with E-state index in [4.69, 9.17) is 0 Å². The van der Waals surface area contributed by atoms with Crippen LogP contribution in [0.1, 0.15) is 5.69 Å². The van der Waals surface area contributed by atoms with Crippen molar-refractivity contribution in [3.63, 3.8) is 0 Å². The van der Waals surface area contributed by atoms with E-state index < -0.39 is 18.9 Å². The van der Waals surface area contributed by atoms with Crippen LogP contribution in [-0.2, 0) is 11.2 Å². The fraction of sp³-hybridized carbons (Fsp3) is 0.357. The molecule has 108 valence electrons. The Hall–Kier alpha value is -1.66. The van der Waals surface area contributed by atoms with Crippen molar-refractivity contribution in [2.24, 2.45) is 0 Å². The van der Waals surface area contributed by atoms with Gasteiger partial charge in [0, 0.05) is 17.5 Å². The average Bonchev–Trinajstić information content (AvgIpc) is 2.37. The maximum absolute atomic E-state index is 11.9.